The first-order valence-electron chi connectivity index (χ1n) is 4.59. The summed E-state index contributed by atoms with van der Waals surface area (Å²) in [6.45, 7) is 1.64. The minimum absolute atomic E-state index is 0.00806. The number of nitrogens with one attached hydrogen (secondary N) is 1. The van der Waals surface area contributed by atoms with E-state index in [0.29, 0.717) is 11.3 Å². The summed E-state index contributed by atoms with van der Waals surface area (Å²) in [5.74, 6) is -1.10. The third-order valence-electron chi connectivity index (χ3n) is 2.49. The summed E-state index contributed by atoms with van der Waals surface area (Å²) in [5, 5.41) is 21.8. The molecule has 0 aromatic heterocycles. The van der Waals surface area contributed by atoms with E-state index >= 15 is 0 Å². The lowest BCUT2D eigenvalue weighted by Crippen LogP contribution is -2.21. The van der Waals surface area contributed by atoms with Crippen molar-refractivity contribution < 1.29 is 15.0 Å². The largest absolute Gasteiger partial charge is 0.478 e. The van der Waals surface area contributed by atoms with Gasteiger partial charge in [-0.2, -0.15) is 0 Å². The second-order valence-corrected chi connectivity index (χ2v) is 3.46. The topological polar surface area (TPSA) is 69.6 Å². The van der Waals surface area contributed by atoms with Crippen LogP contribution in [0.1, 0.15) is 18.6 Å². The molecule has 0 spiro atoms. The van der Waals surface area contributed by atoms with Crippen LogP contribution in [0.15, 0.2) is 35.5 Å². The Hall–Kier alpha value is -1.81. The van der Waals surface area contributed by atoms with Crippen molar-refractivity contribution in [3.63, 3.8) is 0 Å². The monoisotopic (exact) mass is 205 g/mol. The molecule has 0 bridgehead atoms. The molecule has 0 amide bonds. The maximum atomic E-state index is 10.9. The van der Waals surface area contributed by atoms with Crippen molar-refractivity contribution >= 4 is 11.7 Å². The van der Waals surface area contributed by atoms with Gasteiger partial charge in [-0.3, -0.25) is 0 Å². The molecular weight excluding hydrogens is 194 g/mol. The Morgan fingerprint density at radius 1 is 1.40 bits per heavy atom. The van der Waals surface area contributed by atoms with Gasteiger partial charge >= 0.3 is 5.97 Å². The molecule has 0 fully saturated rings. The van der Waals surface area contributed by atoms with Gasteiger partial charge in [-0.1, -0.05) is 18.2 Å². The average molecular weight is 205 g/mol. The van der Waals surface area contributed by atoms with Crippen molar-refractivity contribution in [1.82, 2.24) is 0 Å². The molecule has 1 aromatic rings. The predicted molar refractivity (Wildman–Crippen MR) is 55.4 cm³/mol. The molecule has 0 radical (unpaired) electrons. The first-order chi connectivity index (χ1) is 7.11. The Balaban J connectivity index is 2.53. The van der Waals surface area contributed by atoms with Crippen molar-refractivity contribution in [2.75, 3.05) is 5.32 Å². The van der Waals surface area contributed by atoms with E-state index in [9.17, 15) is 9.90 Å². The van der Waals surface area contributed by atoms with E-state index in [1.54, 1.807) is 25.1 Å². The van der Waals surface area contributed by atoms with Crippen LogP contribution in [-0.2, 0) is 4.79 Å². The molecule has 1 atom stereocenters. The molecule has 2 rings (SSSR count). The van der Waals surface area contributed by atoms with E-state index in [4.69, 9.17) is 5.11 Å². The van der Waals surface area contributed by atoms with Crippen LogP contribution in [0, 0.1) is 0 Å². The number of carboxylic acids is 1. The maximum Gasteiger partial charge on any atom is 0.336 e. The number of hydrogen-bond donors (Lipinski definition) is 3. The minimum Gasteiger partial charge on any atom is -0.478 e. The number of carboxylic acid groups (broad SMARTS) is 1. The van der Waals surface area contributed by atoms with E-state index in [2.05, 4.69) is 5.32 Å². The lowest BCUT2D eigenvalue weighted by atomic mass is 9.95. The van der Waals surface area contributed by atoms with Gasteiger partial charge in [0.1, 0.15) is 6.10 Å². The van der Waals surface area contributed by atoms with E-state index in [0.717, 1.165) is 5.69 Å². The maximum absolute atomic E-state index is 10.9. The van der Waals surface area contributed by atoms with Gasteiger partial charge in [0.25, 0.3) is 0 Å². The van der Waals surface area contributed by atoms with Crippen LogP contribution < -0.4 is 5.32 Å². The van der Waals surface area contributed by atoms with Gasteiger partial charge in [-0.25, -0.2) is 4.79 Å². The van der Waals surface area contributed by atoms with Crippen LogP contribution in [0.2, 0.25) is 0 Å². The van der Waals surface area contributed by atoms with Gasteiger partial charge in [0.2, 0.25) is 0 Å². The van der Waals surface area contributed by atoms with Gasteiger partial charge in [0.05, 0.1) is 5.57 Å². The number of benzene rings is 1. The number of anilines is 1. The van der Waals surface area contributed by atoms with Crippen molar-refractivity contribution in [1.29, 1.82) is 0 Å². The Morgan fingerprint density at radius 3 is 2.73 bits per heavy atom. The molecule has 0 saturated heterocycles. The van der Waals surface area contributed by atoms with E-state index in [1.165, 1.54) is 0 Å². The Bertz CT molecular complexity index is 451. The zero-order valence-electron chi connectivity index (χ0n) is 8.19. The molecule has 15 heavy (non-hydrogen) atoms. The Morgan fingerprint density at radius 2 is 2.07 bits per heavy atom. The zero-order valence-corrected chi connectivity index (χ0v) is 8.19. The molecule has 3 N–H and O–H groups in total. The third-order valence-corrected chi connectivity index (χ3v) is 2.49. The predicted octanol–water partition coefficient (Wildman–Crippen LogP) is 1.50. The van der Waals surface area contributed by atoms with Crippen LogP contribution in [0.25, 0.3) is 0 Å². The van der Waals surface area contributed by atoms with Crippen molar-refractivity contribution in [2.45, 2.75) is 13.0 Å². The molecule has 1 heterocycles. The van der Waals surface area contributed by atoms with Crippen LogP contribution >= 0.6 is 0 Å². The fourth-order valence-electron chi connectivity index (χ4n) is 1.76. The lowest BCUT2D eigenvalue weighted by Gasteiger charge is -2.25. The highest BCUT2D eigenvalue weighted by molar-refractivity contribution is 5.91. The second-order valence-electron chi connectivity index (χ2n) is 3.46. The number of fused-ring (bicyclic) bond motifs is 1. The fraction of sp³-hybridized carbons (Fsp3) is 0.182. The summed E-state index contributed by atoms with van der Waals surface area (Å²) in [4.78, 5) is 10.9. The summed E-state index contributed by atoms with van der Waals surface area (Å²) in [5.41, 5.74) is 1.84. The van der Waals surface area contributed by atoms with Gasteiger partial charge in [0, 0.05) is 16.9 Å². The fourth-order valence-corrected chi connectivity index (χ4v) is 1.76. The van der Waals surface area contributed by atoms with Crippen molar-refractivity contribution in [3.8, 4) is 0 Å². The first-order valence-corrected chi connectivity index (χ1v) is 4.59. The molecule has 1 aromatic carbocycles. The number of rotatable bonds is 1. The van der Waals surface area contributed by atoms with Crippen molar-refractivity contribution in [3.05, 3.63) is 41.1 Å². The molecule has 1 aliphatic rings. The Labute approximate surface area is 86.9 Å². The van der Waals surface area contributed by atoms with Gasteiger partial charge in [-0.05, 0) is 13.0 Å². The molecule has 4 heteroatoms. The summed E-state index contributed by atoms with van der Waals surface area (Å²) >= 11 is 0. The van der Waals surface area contributed by atoms with Gasteiger partial charge in [-0.15, -0.1) is 0 Å². The summed E-state index contributed by atoms with van der Waals surface area (Å²) in [6.07, 6.45) is -1.06. The van der Waals surface area contributed by atoms with Crippen LogP contribution in [-0.4, -0.2) is 16.2 Å². The number of para-hydroxylation sites is 1. The summed E-state index contributed by atoms with van der Waals surface area (Å²) < 4.78 is 0. The zero-order chi connectivity index (χ0) is 11.0. The molecule has 0 aliphatic carbocycles. The normalized spacial score (nSPS) is 19.5. The Kier molecular flexibility index (Phi) is 2.21. The summed E-state index contributed by atoms with van der Waals surface area (Å²) in [6, 6.07) is 7.12. The van der Waals surface area contributed by atoms with Crippen LogP contribution in [0.3, 0.4) is 0 Å². The molecule has 1 aliphatic heterocycles. The smallest absolute Gasteiger partial charge is 0.336 e. The molecule has 1 unspecified atom stereocenters. The van der Waals surface area contributed by atoms with E-state index < -0.39 is 12.1 Å². The second kappa shape index (κ2) is 3.40. The lowest BCUT2D eigenvalue weighted by molar-refractivity contribution is -0.133. The van der Waals surface area contributed by atoms with Crippen molar-refractivity contribution in [2.24, 2.45) is 0 Å². The standard InChI is InChI=1S/C11H11NO3/c1-6-9(11(14)15)10(13)7-4-2-3-5-8(7)12-6/h2-5,10,12-13H,1H3,(H,14,15). The van der Waals surface area contributed by atoms with Crippen LogP contribution in [0.5, 0.6) is 0 Å². The van der Waals surface area contributed by atoms with E-state index in [1.807, 2.05) is 6.07 Å². The highest BCUT2D eigenvalue weighted by Gasteiger charge is 2.28. The average Bonchev–Trinajstić information content (AvgIpc) is 2.17. The van der Waals surface area contributed by atoms with Gasteiger partial charge in [0.15, 0.2) is 0 Å². The molecular formula is C11H11NO3. The number of aliphatic hydroxyl groups excluding tert-OH is 1. The number of allylic oxidation sites excluding steroid dienone is 1. The van der Waals surface area contributed by atoms with Gasteiger partial charge < -0.3 is 15.5 Å². The number of hydrogen-bond acceptors (Lipinski definition) is 3. The first kappa shape index (κ1) is 9.73. The third kappa shape index (κ3) is 1.49. The highest BCUT2D eigenvalue weighted by atomic mass is 16.4. The summed E-state index contributed by atoms with van der Waals surface area (Å²) in [7, 11) is 0. The number of aliphatic carboxylic acids is 1. The molecule has 0 saturated carbocycles. The number of carbonyl (C=O) groups is 1. The van der Waals surface area contributed by atoms with E-state index in [-0.39, 0.29) is 5.57 Å². The number of aliphatic hydroxyl groups is 1. The SMILES string of the molecule is CC1=C(C(=O)O)C(O)c2ccccc2N1. The quantitative estimate of drug-likeness (QED) is 0.649. The molecule has 4 nitrogen and oxygen atoms in total. The minimum atomic E-state index is -1.10. The van der Waals surface area contributed by atoms with Crippen LogP contribution in [0.4, 0.5) is 5.69 Å². The highest BCUT2D eigenvalue weighted by Crippen LogP contribution is 2.35. The molecule has 78 valence electrons.